The topological polar surface area (TPSA) is 220 Å². The van der Waals surface area contributed by atoms with Crippen molar-refractivity contribution in [2.24, 2.45) is 0 Å². The molecule has 63 heavy (non-hydrogen) atoms. The SMILES string of the molecule is CCOC(=O)/C=C/c1cccnc1Cl.CCOC(=O)CCc1cccnc1Cl.CCOC(=O)CP(=O)(OCC)OCC.O=C(O)CCc1cccnc1Cl.O=Cc1cccnc1Cl. The van der Waals surface area contributed by atoms with Gasteiger partial charge in [0.2, 0.25) is 0 Å². The van der Waals surface area contributed by atoms with E-state index in [0.717, 1.165) is 11.1 Å². The van der Waals surface area contributed by atoms with Gasteiger partial charge >= 0.3 is 31.5 Å². The zero-order valence-corrected chi connectivity index (χ0v) is 39.3. The molecule has 4 heterocycles. The molecule has 16 nitrogen and oxygen atoms in total. The first kappa shape index (κ1) is 58.2. The molecular formula is C42H51Cl4N4O12P. The summed E-state index contributed by atoms with van der Waals surface area (Å²) < 4.78 is 35.8. The Bertz CT molecular complexity index is 2050. The predicted octanol–water partition coefficient (Wildman–Crippen LogP) is 9.66. The van der Waals surface area contributed by atoms with Crippen molar-refractivity contribution in [3.63, 3.8) is 0 Å². The Morgan fingerprint density at radius 1 is 0.603 bits per heavy atom. The maximum atomic E-state index is 11.8. The van der Waals surface area contributed by atoms with Crippen molar-refractivity contribution < 1.29 is 56.9 Å². The normalized spacial score (nSPS) is 10.2. The molecule has 1 N–H and O–H groups in total. The van der Waals surface area contributed by atoms with Crippen LogP contribution >= 0.6 is 54.0 Å². The van der Waals surface area contributed by atoms with Crippen LogP contribution in [-0.2, 0) is 59.8 Å². The van der Waals surface area contributed by atoms with E-state index < -0.39 is 19.5 Å². The lowest BCUT2D eigenvalue weighted by Gasteiger charge is -2.15. The van der Waals surface area contributed by atoms with Crippen LogP contribution in [0.4, 0.5) is 0 Å². The summed E-state index contributed by atoms with van der Waals surface area (Å²) in [6, 6.07) is 14.0. The molecule has 0 aliphatic carbocycles. The monoisotopic (exact) mass is 974 g/mol. The van der Waals surface area contributed by atoms with E-state index in [1.165, 1.54) is 12.3 Å². The van der Waals surface area contributed by atoms with Gasteiger partial charge in [-0.05, 0) is 95.0 Å². The number of carbonyl (C=O) groups excluding carboxylic acids is 4. The van der Waals surface area contributed by atoms with Gasteiger partial charge in [0.05, 0.1) is 38.6 Å². The minimum atomic E-state index is -3.28. The highest BCUT2D eigenvalue weighted by atomic mass is 35.5. The van der Waals surface area contributed by atoms with E-state index in [1.54, 1.807) is 102 Å². The molecule has 4 rings (SSSR count). The number of carboxylic acids is 1. The summed E-state index contributed by atoms with van der Waals surface area (Å²) in [6.45, 7) is 10.1. The Hall–Kier alpha value is -4.80. The van der Waals surface area contributed by atoms with Crippen LogP contribution in [0.5, 0.6) is 0 Å². The second kappa shape index (κ2) is 35.6. The van der Waals surface area contributed by atoms with Gasteiger partial charge < -0.3 is 28.4 Å². The fourth-order valence-electron chi connectivity index (χ4n) is 4.17. The number of esters is 3. The summed E-state index contributed by atoms with van der Waals surface area (Å²) in [5.74, 6) is -1.97. The lowest BCUT2D eigenvalue weighted by Crippen LogP contribution is -2.12. The number of ether oxygens (including phenoxy) is 3. The van der Waals surface area contributed by atoms with Gasteiger partial charge in [-0.15, -0.1) is 0 Å². The smallest absolute Gasteiger partial charge is 0.341 e. The molecular weight excluding hydrogens is 925 g/mol. The van der Waals surface area contributed by atoms with Gasteiger partial charge in [0.15, 0.2) is 6.29 Å². The van der Waals surface area contributed by atoms with Gasteiger partial charge in [-0.3, -0.25) is 23.7 Å². The van der Waals surface area contributed by atoms with Gasteiger partial charge in [-0.2, -0.15) is 0 Å². The number of aliphatic carboxylic acids is 1. The van der Waals surface area contributed by atoms with Crippen LogP contribution < -0.4 is 0 Å². The molecule has 0 saturated carbocycles. The molecule has 0 amide bonds. The third-order valence-electron chi connectivity index (χ3n) is 6.85. The number of aldehydes is 1. The van der Waals surface area contributed by atoms with Crippen LogP contribution in [0.1, 0.15) is 74.5 Å². The van der Waals surface area contributed by atoms with Crippen LogP contribution in [0.2, 0.25) is 20.6 Å². The number of carbonyl (C=O) groups is 5. The molecule has 0 aliphatic rings. The van der Waals surface area contributed by atoms with E-state index in [0.29, 0.717) is 65.3 Å². The summed E-state index contributed by atoms with van der Waals surface area (Å²) in [7, 11) is -3.28. The molecule has 344 valence electrons. The van der Waals surface area contributed by atoms with Gasteiger partial charge in [-0.25, -0.2) is 24.7 Å². The second-order valence-corrected chi connectivity index (χ2v) is 15.0. The molecule has 4 aromatic heterocycles. The molecule has 0 radical (unpaired) electrons. The Labute approximate surface area is 387 Å². The molecule has 4 aromatic rings. The largest absolute Gasteiger partial charge is 0.481 e. The van der Waals surface area contributed by atoms with Crippen LogP contribution in [0.3, 0.4) is 0 Å². The van der Waals surface area contributed by atoms with Crippen molar-refractivity contribution in [1.29, 1.82) is 0 Å². The second-order valence-electron chi connectivity index (χ2n) is 11.5. The average molecular weight is 977 g/mol. The Morgan fingerprint density at radius 3 is 1.43 bits per heavy atom. The van der Waals surface area contributed by atoms with Gasteiger partial charge in [0, 0.05) is 49.3 Å². The summed E-state index contributed by atoms with van der Waals surface area (Å²) in [5, 5.41) is 9.87. The summed E-state index contributed by atoms with van der Waals surface area (Å²) in [5.41, 5.74) is 2.78. The Balaban J connectivity index is 0.000000768. The number of nitrogens with zero attached hydrogens (tertiary/aromatic N) is 4. The maximum Gasteiger partial charge on any atom is 0.341 e. The highest BCUT2D eigenvalue weighted by molar-refractivity contribution is 7.54. The number of aromatic nitrogens is 4. The van der Waals surface area contributed by atoms with Gasteiger partial charge in [0.1, 0.15) is 26.8 Å². The molecule has 0 saturated heterocycles. The molecule has 21 heteroatoms. The van der Waals surface area contributed by atoms with E-state index in [1.807, 2.05) is 6.07 Å². The molecule has 0 atom stereocenters. The van der Waals surface area contributed by atoms with Crippen molar-refractivity contribution in [2.75, 3.05) is 39.2 Å². The zero-order chi connectivity index (χ0) is 47.5. The van der Waals surface area contributed by atoms with Crippen LogP contribution in [0.15, 0.2) is 79.4 Å². The minimum Gasteiger partial charge on any atom is -0.481 e. The first-order valence-electron chi connectivity index (χ1n) is 19.2. The number of hydrogen-bond acceptors (Lipinski definition) is 15. The lowest BCUT2D eigenvalue weighted by molar-refractivity contribution is -0.143. The summed E-state index contributed by atoms with van der Waals surface area (Å²) in [4.78, 5) is 68.7. The summed E-state index contributed by atoms with van der Waals surface area (Å²) in [6.07, 6.45) is 11.0. The molecule has 0 aliphatic heterocycles. The third kappa shape index (κ3) is 28.5. The highest BCUT2D eigenvalue weighted by Gasteiger charge is 2.28. The van der Waals surface area contributed by atoms with Crippen molar-refractivity contribution in [3.05, 3.63) is 122 Å². The summed E-state index contributed by atoms with van der Waals surface area (Å²) >= 11 is 22.8. The average Bonchev–Trinajstić information content (AvgIpc) is 3.24. The Kier molecular flexibility index (Phi) is 32.9. The number of aryl methyl sites for hydroxylation is 2. The van der Waals surface area contributed by atoms with Crippen LogP contribution in [0, 0.1) is 0 Å². The van der Waals surface area contributed by atoms with E-state index in [4.69, 9.17) is 70.0 Å². The molecule has 0 aromatic carbocycles. The standard InChI is InChI=1S/C10H12ClNO2.C10H10ClNO2.C8H8ClNO2.C8H17O5P.C6H4ClNO/c2*1-2-14-9(13)6-5-8-4-3-7-12-10(8)11;9-8-6(2-1-5-10-8)3-4-7(11)12;1-4-11-8(9)7-14(10,12-5-2)13-6-3;7-6-5(4-9)2-1-3-8-6/h3-4,7H,2,5-6H2,1H3;3-7H,2H2,1H3;1-2,5H,3-4H2,(H,11,12);4-7H2,1-3H3;1-4H/b;6-5+;;;. The molecule has 0 unspecified atom stereocenters. The van der Waals surface area contributed by atoms with Crippen molar-refractivity contribution >= 4 is 90.2 Å². The Morgan fingerprint density at radius 2 is 1.03 bits per heavy atom. The lowest BCUT2D eigenvalue weighted by atomic mass is 10.1. The van der Waals surface area contributed by atoms with E-state index >= 15 is 0 Å². The predicted molar refractivity (Wildman–Crippen MR) is 241 cm³/mol. The first-order chi connectivity index (χ1) is 30.1. The van der Waals surface area contributed by atoms with Gasteiger partial charge in [0.25, 0.3) is 0 Å². The van der Waals surface area contributed by atoms with Crippen molar-refractivity contribution in [3.8, 4) is 0 Å². The first-order valence-corrected chi connectivity index (χ1v) is 22.4. The van der Waals surface area contributed by atoms with Crippen LogP contribution in [-0.4, -0.2) is 94.4 Å². The van der Waals surface area contributed by atoms with Gasteiger partial charge in [-0.1, -0.05) is 64.6 Å². The molecule has 0 fully saturated rings. The van der Waals surface area contributed by atoms with Crippen molar-refractivity contribution in [1.82, 2.24) is 19.9 Å². The highest BCUT2D eigenvalue weighted by Crippen LogP contribution is 2.47. The maximum absolute atomic E-state index is 11.8. The quantitative estimate of drug-likeness (QED) is 0.0245. The fourth-order valence-corrected chi connectivity index (χ4v) is 6.39. The van der Waals surface area contributed by atoms with Crippen LogP contribution in [0.25, 0.3) is 6.08 Å². The fraction of sp³-hybridized carbons (Fsp3) is 0.357. The van der Waals surface area contributed by atoms with E-state index in [-0.39, 0.29) is 49.5 Å². The number of hydrogen-bond donors (Lipinski definition) is 1. The third-order valence-corrected chi connectivity index (χ3v) is 10.1. The number of rotatable bonds is 18. The number of pyridine rings is 4. The van der Waals surface area contributed by atoms with Crippen molar-refractivity contribution in [2.45, 2.75) is 60.3 Å². The minimum absolute atomic E-state index is 0.0887. The van der Waals surface area contributed by atoms with E-state index in [2.05, 4.69) is 24.7 Å². The number of halogens is 4. The molecule has 0 bridgehead atoms. The number of carboxylic acid groups (broad SMARTS) is 1. The van der Waals surface area contributed by atoms with E-state index in [9.17, 15) is 28.5 Å². The zero-order valence-electron chi connectivity index (χ0n) is 35.4. The molecule has 0 spiro atoms.